The van der Waals surface area contributed by atoms with Crippen LogP contribution in [0.2, 0.25) is 0 Å². The normalized spacial score (nSPS) is 10.1. The van der Waals surface area contributed by atoms with E-state index in [9.17, 15) is 9.59 Å². The van der Waals surface area contributed by atoms with Crippen molar-refractivity contribution in [3.63, 3.8) is 0 Å². The highest BCUT2D eigenvalue weighted by atomic mass is 79.9. The van der Waals surface area contributed by atoms with Crippen LogP contribution in [0.25, 0.3) is 0 Å². The molecule has 0 aliphatic rings. The lowest BCUT2D eigenvalue weighted by Gasteiger charge is -2.03. The number of anilines is 1. The molecule has 92 valence electrons. The van der Waals surface area contributed by atoms with Crippen LogP contribution in [0.3, 0.4) is 0 Å². The minimum absolute atomic E-state index is 0.0994. The van der Waals surface area contributed by atoms with Gasteiger partial charge in [-0.15, -0.1) is 0 Å². The fraction of sp³-hybridized carbons (Fsp3) is 0.0769. The van der Waals surface area contributed by atoms with Gasteiger partial charge in [0.05, 0.1) is 5.69 Å². The Morgan fingerprint density at radius 2 is 1.67 bits per heavy atom. The summed E-state index contributed by atoms with van der Waals surface area (Å²) in [5.41, 5.74) is 1.49. The van der Waals surface area contributed by atoms with Gasteiger partial charge < -0.3 is 10.3 Å². The van der Waals surface area contributed by atoms with E-state index in [2.05, 4.69) is 26.2 Å². The zero-order valence-corrected chi connectivity index (χ0v) is 11.2. The van der Waals surface area contributed by atoms with Crippen LogP contribution in [0, 0.1) is 0 Å². The summed E-state index contributed by atoms with van der Waals surface area (Å²) in [7, 11) is 0. The number of aromatic amines is 1. The molecule has 1 amide bonds. The Hall–Kier alpha value is -1.88. The standard InChI is InChI=1S/C13H11BrN2O2/c1-8(17)11-6-7-12(16-11)13(18)15-10-4-2-9(14)3-5-10/h2-7,16H,1H3,(H,15,18). The number of rotatable bonds is 3. The van der Waals surface area contributed by atoms with Crippen molar-refractivity contribution in [2.75, 3.05) is 5.32 Å². The van der Waals surface area contributed by atoms with Gasteiger partial charge in [-0.1, -0.05) is 15.9 Å². The van der Waals surface area contributed by atoms with Crippen LogP contribution < -0.4 is 5.32 Å². The average molecular weight is 307 g/mol. The van der Waals surface area contributed by atoms with Crippen molar-refractivity contribution in [2.45, 2.75) is 6.92 Å². The first-order valence-electron chi connectivity index (χ1n) is 5.33. The average Bonchev–Trinajstić information content (AvgIpc) is 2.81. The number of H-pyrrole nitrogens is 1. The van der Waals surface area contributed by atoms with E-state index in [-0.39, 0.29) is 11.7 Å². The molecule has 1 heterocycles. The number of benzene rings is 1. The van der Waals surface area contributed by atoms with Crippen molar-refractivity contribution < 1.29 is 9.59 Å². The van der Waals surface area contributed by atoms with Crippen molar-refractivity contribution in [3.05, 3.63) is 52.3 Å². The number of carbonyl (C=O) groups excluding carboxylic acids is 2. The second kappa shape index (κ2) is 5.18. The van der Waals surface area contributed by atoms with Crippen molar-refractivity contribution in [3.8, 4) is 0 Å². The molecule has 0 radical (unpaired) electrons. The first-order chi connectivity index (χ1) is 8.56. The van der Waals surface area contributed by atoms with Gasteiger partial charge in [0.25, 0.3) is 5.91 Å². The second-order valence-electron chi connectivity index (χ2n) is 3.80. The Balaban J connectivity index is 2.11. The Morgan fingerprint density at radius 3 is 2.22 bits per heavy atom. The highest BCUT2D eigenvalue weighted by Crippen LogP contribution is 2.15. The smallest absolute Gasteiger partial charge is 0.272 e. The maximum absolute atomic E-state index is 11.9. The minimum Gasteiger partial charge on any atom is -0.348 e. The molecule has 0 saturated carbocycles. The van der Waals surface area contributed by atoms with Crippen LogP contribution >= 0.6 is 15.9 Å². The number of aromatic nitrogens is 1. The minimum atomic E-state index is -0.273. The number of carbonyl (C=O) groups is 2. The number of Topliss-reactive ketones (excluding diaryl/α,β-unsaturated/α-hetero) is 1. The predicted molar refractivity (Wildman–Crippen MR) is 72.9 cm³/mol. The zero-order valence-electron chi connectivity index (χ0n) is 9.66. The highest BCUT2D eigenvalue weighted by Gasteiger charge is 2.10. The van der Waals surface area contributed by atoms with Crippen LogP contribution in [0.5, 0.6) is 0 Å². The van der Waals surface area contributed by atoms with Gasteiger partial charge in [-0.05, 0) is 36.4 Å². The number of hydrogen-bond acceptors (Lipinski definition) is 2. The molecule has 1 aromatic heterocycles. The fourth-order valence-electron chi connectivity index (χ4n) is 1.46. The zero-order chi connectivity index (χ0) is 13.1. The summed E-state index contributed by atoms with van der Waals surface area (Å²) in [6, 6.07) is 10.4. The fourth-order valence-corrected chi connectivity index (χ4v) is 1.73. The third-order valence-electron chi connectivity index (χ3n) is 2.41. The third-order valence-corrected chi connectivity index (χ3v) is 2.94. The van der Waals surface area contributed by atoms with Gasteiger partial charge in [0.2, 0.25) is 0 Å². The van der Waals surface area contributed by atoms with E-state index in [1.54, 1.807) is 24.3 Å². The molecule has 0 bridgehead atoms. The van der Waals surface area contributed by atoms with Crippen LogP contribution in [0.4, 0.5) is 5.69 Å². The quantitative estimate of drug-likeness (QED) is 0.855. The van der Waals surface area contributed by atoms with Crippen molar-refractivity contribution in [1.29, 1.82) is 0 Å². The molecule has 0 fully saturated rings. The van der Waals surface area contributed by atoms with Crippen LogP contribution in [-0.2, 0) is 0 Å². The molecule has 0 unspecified atom stereocenters. The molecular weight excluding hydrogens is 296 g/mol. The summed E-state index contributed by atoms with van der Waals surface area (Å²) in [5, 5.41) is 2.74. The maximum atomic E-state index is 11.9. The second-order valence-corrected chi connectivity index (χ2v) is 4.72. The van der Waals surface area contributed by atoms with Gasteiger partial charge >= 0.3 is 0 Å². The van der Waals surface area contributed by atoms with Gasteiger partial charge in [-0.25, -0.2) is 0 Å². The lowest BCUT2D eigenvalue weighted by Crippen LogP contribution is -2.12. The number of halogens is 1. The number of amides is 1. The van der Waals surface area contributed by atoms with E-state index in [0.29, 0.717) is 17.1 Å². The van der Waals surface area contributed by atoms with Gasteiger partial charge in [0.15, 0.2) is 5.78 Å². The molecule has 0 saturated heterocycles. The number of ketones is 1. The summed E-state index contributed by atoms with van der Waals surface area (Å²) >= 11 is 3.32. The van der Waals surface area contributed by atoms with Crippen molar-refractivity contribution in [2.24, 2.45) is 0 Å². The molecule has 18 heavy (non-hydrogen) atoms. The highest BCUT2D eigenvalue weighted by molar-refractivity contribution is 9.10. The van der Waals surface area contributed by atoms with Gasteiger partial charge in [-0.2, -0.15) is 0 Å². The Kier molecular flexibility index (Phi) is 3.62. The van der Waals surface area contributed by atoms with E-state index < -0.39 is 0 Å². The first kappa shape index (κ1) is 12.6. The van der Waals surface area contributed by atoms with Crippen LogP contribution in [-0.4, -0.2) is 16.7 Å². The van der Waals surface area contributed by atoms with Crippen molar-refractivity contribution in [1.82, 2.24) is 4.98 Å². The molecular formula is C13H11BrN2O2. The van der Waals surface area contributed by atoms with Crippen LogP contribution in [0.1, 0.15) is 27.9 Å². The summed E-state index contributed by atoms with van der Waals surface area (Å²) in [6.45, 7) is 1.45. The molecule has 2 aromatic rings. The van der Waals surface area contributed by atoms with Gasteiger partial charge in [-0.3, -0.25) is 9.59 Å². The topological polar surface area (TPSA) is 62.0 Å². The van der Waals surface area contributed by atoms with Crippen LogP contribution in [0.15, 0.2) is 40.9 Å². The monoisotopic (exact) mass is 306 g/mol. The third kappa shape index (κ3) is 2.87. The van der Waals surface area contributed by atoms with Gasteiger partial charge in [0, 0.05) is 17.1 Å². The Morgan fingerprint density at radius 1 is 1.06 bits per heavy atom. The van der Waals surface area contributed by atoms with E-state index >= 15 is 0 Å². The Bertz CT molecular complexity index is 587. The molecule has 2 rings (SSSR count). The molecule has 0 atom stereocenters. The number of hydrogen-bond donors (Lipinski definition) is 2. The maximum Gasteiger partial charge on any atom is 0.272 e. The lowest BCUT2D eigenvalue weighted by atomic mass is 10.3. The molecule has 5 heteroatoms. The number of nitrogens with one attached hydrogen (secondary N) is 2. The summed E-state index contributed by atoms with van der Waals surface area (Å²) in [6.07, 6.45) is 0. The molecule has 0 spiro atoms. The summed E-state index contributed by atoms with van der Waals surface area (Å²) in [5.74, 6) is -0.373. The summed E-state index contributed by atoms with van der Waals surface area (Å²) in [4.78, 5) is 25.8. The molecule has 4 nitrogen and oxygen atoms in total. The lowest BCUT2D eigenvalue weighted by molar-refractivity contribution is 0.101. The molecule has 2 N–H and O–H groups in total. The Labute approximate surface area is 113 Å². The molecule has 0 aliphatic heterocycles. The predicted octanol–water partition coefficient (Wildman–Crippen LogP) is 3.23. The molecule has 1 aromatic carbocycles. The van der Waals surface area contributed by atoms with Crippen molar-refractivity contribution >= 4 is 33.3 Å². The molecule has 0 aliphatic carbocycles. The summed E-state index contributed by atoms with van der Waals surface area (Å²) < 4.78 is 0.944. The largest absolute Gasteiger partial charge is 0.348 e. The van der Waals surface area contributed by atoms with E-state index in [0.717, 1.165) is 4.47 Å². The van der Waals surface area contributed by atoms with E-state index in [1.165, 1.54) is 6.92 Å². The van der Waals surface area contributed by atoms with E-state index in [1.807, 2.05) is 12.1 Å². The SMILES string of the molecule is CC(=O)c1ccc(C(=O)Nc2ccc(Br)cc2)[nH]1. The van der Waals surface area contributed by atoms with Gasteiger partial charge in [0.1, 0.15) is 5.69 Å². The van der Waals surface area contributed by atoms with E-state index in [4.69, 9.17) is 0 Å². The first-order valence-corrected chi connectivity index (χ1v) is 6.12.